The smallest absolute Gasteiger partial charge is 0.279 e. The second-order valence-electron chi connectivity index (χ2n) is 4.88. The van der Waals surface area contributed by atoms with Gasteiger partial charge in [0.15, 0.2) is 4.80 Å². The second kappa shape index (κ2) is 5.57. The number of hydrogen-bond donors (Lipinski definition) is 1. The van der Waals surface area contributed by atoms with Gasteiger partial charge in [-0.05, 0) is 24.1 Å². The summed E-state index contributed by atoms with van der Waals surface area (Å²) in [7, 11) is 0. The highest BCUT2D eigenvalue weighted by Gasteiger charge is 2.19. The van der Waals surface area contributed by atoms with Crippen molar-refractivity contribution in [3.8, 4) is 16.9 Å². The van der Waals surface area contributed by atoms with Crippen LogP contribution in [0.25, 0.3) is 16.9 Å². The van der Waals surface area contributed by atoms with Crippen molar-refractivity contribution in [1.29, 1.82) is 5.41 Å². The van der Waals surface area contributed by atoms with Gasteiger partial charge in [0.05, 0.1) is 10.6 Å². The standard InChI is InChI=1S/C16H13N3O2S/c1-11-7-8-13(14(9-11)19(20)21)18-15(10-22-16(18)17)12-5-3-2-4-6-12/h2-10,17H,1H3. The van der Waals surface area contributed by atoms with Crippen LogP contribution in [0.15, 0.2) is 53.9 Å². The van der Waals surface area contributed by atoms with Crippen molar-refractivity contribution in [2.45, 2.75) is 6.92 Å². The van der Waals surface area contributed by atoms with Gasteiger partial charge in [-0.15, -0.1) is 11.3 Å². The first-order valence-electron chi connectivity index (χ1n) is 6.64. The lowest BCUT2D eigenvalue weighted by molar-refractivity contribution is -0.384. The SMILES string of the molecule is Cc1ccc(-n2c(-c3ccccc3)csc2=N)c([N+](=O)[O-])c1. The summed E-state index contributed by atoms with van der Waals surface area (Å²) in [5.41, 5.74) is 2.95. The topological polar surface area (TPSA) is 71.9 Å². The van der Waals surface area contributed by atoms with E-state index in [2.05, 4.69) is 0 Å². The fraction of sp³-hybridized carbons (Fsp3) is 0.0625. The Bertz CT molecular complexity index is 897. The van der Waals surface area contributed by atoms with Crippen molar-refractivity contribution in [1.82, 2.24) is 4.57 Å². The number of nitrogens with one attached hydrogen (secondary N) is 1. The van der Waals surface area contributed by atoms with Gasteiger partial charge < -0.3 is 0 Å². The molecule has 22 heavy (non-hydrogen) atoms. The van der Waals surface area contributed by atoms with E-state index >= 15 is 0 Å². The van der Waals surface area contributed by atoms with E-state index < -0.39 is 4.92 Å². The Morgan fingerprint density at radius 1 is 1.18 bits per heavy atom. The normalized spacial score (nSPS) is 10.6. The molecule has 0 aliphatic rings. The van der Waals surface area contributed by atoms with Crippen molar-refractivity contribution in [3.05, 3.63) is 74.4 Å². The lowest BCUT2D eigenvalue weighted by Gasteiger charge is -2.10. The Morgan fingerprint density at radius 2 is 1.91 bits per heavy atom. The van der Waals surface area contributed by atoms with Crippen molar-refractivity contribution in [3.63, 3.8) is 0 Å². The van der Waals surface area contributed by atoms with Gasteiger partial charge in [-0.3, -0.25) is 20.1 Å². The predicted octanol–water partition coefficient (Wildman–Crippen LogP) is 3.90. The predicted molar refractivity (Wildman–Crippen MR) is 86.3 cm³/mol. The highest BCUT2D eigenvalue weighted by atomic mass is 32.1. The van der Waals surface area contributed by atoms with E-state index in [0.29, 0.717) is 5.69 Å². The quantitative estimate of drug-likeness (QED) is 0.588. The Kier molecular flexibility index (Phi) is 3.60. The van der Waals surface area contributed by atoms with E-state index in [0.717, 1.165) is 16.8 Å². The van der Waals surface area contributed by atoms with E-state index in [4.69, 9.17) is 5.41 Å². The van der Waals surface area contributed by atoms with E-state index in [-0.39, 0.29) is 10.5 Å². The fourth-order valence-corrected chi connectivity index (χ4v) is 3.11. The molecule has 0 aliphatic heterocycles. The Labute approximate surface area is 130 Å². The Balaban J connectivity index is 2.29. The molecule has 0 atom stereocenters. The molecule has 3 rings (SSSR count). The number of aryl methyl sites for hydroxylation is 1. The van der Waals surface area contributed by atoms with Gasteiger partial charge in [0.1, 0.15) is 5.69 Å². The molecule has 110 valence electrons. The van der Waals surface area contributed by atoms with Crippen molar-refractivity contribution in [2.75, 3.05) is 0 Å². The summed E-state index contributed by atoms with van der Waals surface area (Å²) >= 11 is 1.25. The lowest BCUT2D eigenvalue weighted by atomic mass is 10.1. The molecule has 1 aromatic heterocycles. The number of thiazole rings is 1. The maximum atomic E-state index is 11.4. The first-order valence-corrected chi connectivity index (χ1v) is 7.52. The minimum atomic E-state index is -0.402. The molecule has 2 aromatic carbocycles. The number of rotatable bonds is 3. The molecule has 0 bridgehead atoms. The number of aromatic nitrogens is 1. The number of nitrogens with zero attached hydrogens (tertiary/aromatic N) is 2. The van der Waals surface area contributed by atoms with Gasteiger partial charge in [-0.2, -0.15) is 0 Å². The highest BCUT2D eigenvalue weighted by Crippen LogP contribution is 2.29. The molecular weight excluding hydrogens is 298 g/mol. The van der Waals surface area contributed by atoms with Gasteiger partial charge in [0.25, 0.3) is 5.69 Å². The monoisotopic (exact) mass is 311 g/mol. The van der Waals surface area contributed by atoms with E-state index in [1.54, 1.807) is 10.6 Å². The summed E-state index contributed by atoms with van der Waals surface area (Å²) in [6, 6.07) is 14.6. The Hall–Kier alpha value is -2.73. The molecule has 1 N–H and O–H groups in total. The zero-order valence-electron chi connectivity index (χ0n) is 11.8. The van der Waals surface area contributed by atoms with Crippen molar-refractivity contribution < 1.29 is 4.92 Å². The van der Waals surface area contributed by atoms with Crippen LogP contribution in [-0.2, 0) is 0 Å². The fourth-order valence-electron chi connectivity index (χ4n) is 2.34. The van der Waals surface area contributed by atoms with Gasteiger partial charge >= 0.3 is 0 Å². The zero-order chi connectivity index (χ0) is 15.7. The summed E-state index contributed by atoms with van der Waals surface area (Å²) in [6.07, 6.45) is 0. The maximum absolute atomic E-state index is 11.4. The van der Waals surface area contributed by atoms with E-state index in [9.17, 15) is 10.1 Å². The third-order valence-corrected chi connectivity index (χ3v) is 4.11. The van der Waals surface area contributed by atoms with Crippen molar-refractivity contribution >= 4 is 17.0 Å². The van der Waals surface area contributed by atoms with Crippen LogP contribution in [0.5, 0.6) is 0 Å². The molecule has 0 saturated heterocycles. The molecule has 0 saturated carbocycles. The minimum absolute atomic E-state index is 0.00841. The van der Waals surface area contributed by atoms with Gasteiger partial charge in [-0.25, -0.2) is 0 Å². The average Bonchev–Trinajstić information content (AvgIpc) is 2.90. The van der Waals surface area contributed by atoms with Crippen LogP contribution in [0.4, 0.5) is 5.69 Å². The van der Waals surface area contributed by atoms with Gasteiger partial charge in [-0.1, -0.05) is 36.4 Å². The first-order chi connectivity index (χ1) is 10.6. The van der Waals surface area contributed by atoms with Crippen LogP contribution in [0, 0.1) is 22.4 Å². The van der Waals surface area contributed by atoms with Gasteiger partial charge in [0.2, 0.25) is 0 Å². The largest absolute Gasteiger partial charge is 0.293 e. The van der Waals surface area contributed by atoms with E-state index in [1.807, 2.05) is 48.7 Å². The second-order valence-corrected chi connectivity index (χ2v) is 5.73. The zero-order valence-corrected chi connectivity index (χ0v) is 12.6. The molecular formula is C16H13N3O2S. The molecule has 0 fully saturated rings. The third kappa shape index (κ3) is 2.44. The molecule has 1 heterocycles. The summed E-state index contributed by atoms with van der Waals surface area (Å²) < 4.78 is 1.62. The molecule has 0 amide bonds. The first kappa shape index (κ1) is 14.2. The van der Waals surface area contributed by atoms with Crippen LogP contribution in [0.3, 0.4) is 0 Å². The molecule has 0 radical (unpaired) electrons. The van der Waals surface area contributed by atoms with E-state index in [1.165, 1.54) is 17.4 Å². The average molecular weight is 311 g/mol. The number of nitro groups is 1. The number of nitro benzene ring substituents is 1. The van der Waals surface area contributed by atoms with Crippen LogP contribution >= 0.6 is 11.3 Å². The van der Waals surface area contributed by atoms with Gasteiger partial charge in [0, 0.05) is 11.4 Å². The van der Waals surface area contributed by atoms with Crippen LogP contribution in [0.2, 0.25) is 0 Å². The third-order valence-electron chi connectivity index (χ3n) is 3.36. The lowest BCUT2D eigenvalue weighted by Crippen LogP contribution is -2.14. The van der Waals surface area contributed by atoms with Crippen LogP contribution < -0.4 is 4.80 Å². The molecule has 0 unspecified atom stereocenters. The molecule has 3 aromatic rings. The van der Waals surface area contributed by atoms with Crippen LogP contribution in [0.1, 0.15) is 5.56 Å². The minimum Gasteiger partial charge on any atom is -0.279 e. The summed E-state index contributed by atoms with van der Waals surface area (Å²) in [5.74, 6) is 0. The summed E-state index contributed by atoms with van der Waals surface area (Å²) in [5, 5.41) is 21.3. The molecule has 6 heteroatoms. The summed E-state index contributed by atoms with van der Waals surface area (Å²) in [4.78, 5) is 11.2. The van der Waals surface area contributed by atoms with Crippen molar-refractivity contribution in [2.24, 2.45) is 0 Å². The molecule has 0 spiro atoms. The molecule has 5 nitrogen and oxygen atoms in total. The summed E-state index contributed by atoms with van der Waals surface area (Å²) in [6.45, 7) is 1.81. The highest BCUT2D eigenvalue weighted by molar-refractivity contribution is 7.07. The Morgan fingerprint density at radius 3 is 2.59 bits per heavy atom. The number of hydrogen-bond acceptors (Lipinski definition) is 4. The van der Waals surface area contributed by atoms with Crippen LogP contribution in [-0.4, -0.2) is 9.49 Å². The maximum Gasteiger partial charge on any atom is 0.293 e. The number of benzene rings is 2. The molecule has 0 aliphatic carbocycles.